The average Bonchev–Trinajstić information content (AvgIpc) is 2.66. The van der Waals surface area contributed by atoms with Gasteiger partial charge in [0, 0.05) is 10.9 Å². The molecule has 0 aromatic heterocycles. The minimum absolute atomic E-state index is 0.0280. The van der Waals surface area contributed by atoms with Crippen molar-refractivity contribution in [1.82, 2.24) is 0 Å². The fourth-order valence-electron chi connectivity index (χ4n) is 2.93. The second-order valence-electron chi connectivity index (χ2n) is 5.43. The molecule has 0 heterocycles. The molecule has 5 nitrogen and oxygen atoms in total. The molecule has 0 bridgehead atoms. The molecule has 0 atom stereocenters. The molecule has 1 N–H and O–H groups in total. The number of esters is 1. The van der Waals surface area contributed by atoms with Crippen LogP contribution in [0.2, 0.25) is 0 Å². The first-order valence-corrected chi connectivity index (χ1v) is 7.66. The van der Waals surface area contributed by atoms with Crippen molar-refractivity contribution in [3.63, 3.8) is 0 Å². The fraction of sp³-hybridized carbons (Fsp3) is 0.150. The number of aromatic hydroxyl groups is 1. The van der Waals surface area contributed by atoms with Crippen LogP contribution < -0.4 is 9.47 Å². The van der Waals surface area contributed by atoms with Crippen LogP contribution in [0.1, 0.15) is 10.4 Å². The Balaban J connectivity index is 2.37. The molecule has 0 aliphatic heterocycles. The number of carbonyl (C=O) groups is 1. The molecule has 128 valence electrons. The number of rotatable bonds is 4. The summed E-state index contributed by atoms with van der Waals surface area (Å²) in [7, 11) is 4.43. The summed E-state index contributed by atoms with van der Waals surface area (Å²) in [6.45, 7) is 0. The van der Waals surface area contributed by atoms with Crippen LogP contribution in [0.4, 0.5) is 0 Å². The van der Waals surface area contributed by atoms with Crippen molar-refractivity contribution < 1.29 is 24.1 Å². The van der Waals surface area contributed by atoms with Crippen LogP contribution in [0.25, 0.3) is 21.9 Å². The van der Waals surface area contributed by atoms with E-state index >= 15 is 0 Å². The number of carbonyl (C=O) groups excluding carboxylic acids is 1. The van der Waals surface area contributed by atoms with Crippen LogP contribution in [0.15, 0.2) is 48.5 Å². The molecule has 0 fully saturated rings. The van der Waals surface area contributed by atoms with Gasteiger partial charge in [0.1, 0.15) is 5.75 Å². The van der Waals surface area contributed by atoms with E-state index in [1.165, 1.54) is 13.2 Å². The third kappa shape index (κ3) is 2.85. The lowest BCUT2D eigenvalue weighted by atomic mass is 9.92. The Morgan fingerprint density at radius 3 is 2.20 bits per heavy atom. The highest BCUT2D eigenvalue weighted by atomic mass is 16.5. The maximum atomic E-state index is 12.3. The number of hydrogen-bond acceptors (Lipinski definition) is 5. The molecule has 0 saturated carbocycles. The molecule has 3 rings (SSSR count). The molecule has 0 radical (unpaired) electrons. The van der Waals surface area contributed by atoms with E-state index in [9.17, 15) is 9.90 Å². The highest BCUT2D eigenvalue weighted by Gasteiger charge is 2.20. The number of methoxy groups -OCH3 is 3. The Kier molecular flexibility index (Phi) is 4.48. The van der Waals surface area contributed by atoms with E-state index < -0.39 is 5.97 Å². The summed E-state index contributed by atoms with van der Waals surface area (Å²) in [4.78, 5) is 12.3. The molecular weight excluding hydrogens is 320 g/mol. The summed E-state index contributed by atoms with van der Waals surface area (Å²) < 4.78 is 15.5. The van der Waals surface area contributed by atoms with E-state index in [-0.39, 0.29) is 11.3 Å². The monoisotopic (exact) mass is 338 g/mol. The van der Waals surface area contributed by atoms with Gasteiger partial charge in [0.25, 0.3) is 0 Å². The minimum atomic E-state index is -0.522. The Bertz CT molecular complexity index is 946. The van der Waals surface area contributed by atoms with Crippen molar-refractivity contribution >= 4 is 16.7 Å². The lowest BCUT2D eigenvalue weighted by Crippen LogP contribution is -2.04. The average molecular weight is 338 g/mol. The Morgan fingerprint density at radius 1 is 0.880 bits per heavy atom. The first kappa shape index (κ1) is 16.6. The first-order chi connectivity index (χ1) is 12.1. The van der Waals surface area contributed by atoms with Crippen LogP contribution >= 0.6 is 0 Å². The van der Waals surface area contributed by atoms with Gasteiger partial charge in [0.15, 0.2) is 11.5 Å². The summed E-state index contributed by atoms with van der Waals surface area (Å²) >= 11 is 0. The maximum Gasteiger partial charge on any atom is 0.338 e. The van der Waals surface area contributed by atoms with Gasteiger partial charge in [-0.05, 0) is 29.1 Å². The van der Waals surface area contributed by atoms with E-state index in [2.05, 4.69) is 0 Å². The summed E-state index contributed by atoms with van der Waals surface area (Å²) in [6.07, 6.45) is 0. The number of hydrogen-bond donors (Lipinski definition) is 1. The zero-order valence-corrected chi connectivity index (χ0v) is 14.2. The number of fused-ring (bicyclic) bond motifs is 1. The van der Waals surface area contributed by atoms with Gasteiger partial charge in [-0.25, -0.2) is 4.79 Å². The largest absolute Gasteiger partial charge is 0.507 e. The molecule has 0 saturated heterocycles. The van der Waals surface area contributed by atoms with Crippen LogP contribution in [0, 0.1) is 0 Å². The summed E-state index contributed by atoms with van der Waals surface area (Å²) in [5.74, 6) is 0.646. The van der Waals surface area contributed by atoms with Crippen molar-refractivity contribution in [2.45, 2.75) is 0 Å². The Labute approximate surface area is 145 Å². The molecule has 0 aliphatic rings. The number of phenolic OH excluding ortho intramolecular Hbond substituents is 1. The van der Waals surface area contributed by atoms with Gasteiger partial charge in [-0.15, -0.1) is 0 Å². The molecule has 0 unspecified atom stereocenters. The zero-order chi connectivity index (χ0) is 18.0. The number of benzene rings is 3. The first-order valence-electron chi connectivity index (χ1n) is 7.66. The van der Waals surface area contributed by atoms with Gasteiger partial charge in [-0.3, -0.25) is 0 Å². The quantitative estimate of drug-likeness (QED) is 0.728. The lowest BCUT2D eigenvalue weighted by Gasteiger charge is -2.15. The SMILES string of the molecule is COC(=O)c1cc(O)c2ccccc2c1-c1ccc(OC)c(OC)c1. The molecule has 5 heteroatoms. The summed E-state index contributed by atoms with van der Waals surface area (Å²) in [5.41, 5.74) is 1.71. The molecule has 0 spiro atoms. The lowest BCUT2D eigenvalue weighted by molar-refractivity contribution is 0.0601. The van der Waals surface area contributed by atoms with E-state index in [1.807, 2.05) is 24.3 Å². The number of phenols is 1. The summed E-state index contributed by atoms with van der Waals surface area (Å²) in [5, 5.41) is 11.7. The molecular formula is C20H18O5. The van der Waals surface area contributed by atoms with E-state index in [1.54, 1.807) is 32.4 Å². The molecule has 3 aromatic rings. The topological polar surface area (TPSA) is 65.0 Å². The van der Waals surface area contributed by atoms with Crippen molar-refractivity contribution in [2.75, 3.05) is 21.3 Å². The second kappa shape index (κ2) is 6.73. The molecule has 0 aliphatic carbocycles. The second-order valence-corrected chi connectivity index (χ2v) is 5.43. The normalized spacial score (nSPS) is 10.5. The molecule has 0 amide bonds. The van der Waals surface area contributed by atoms with Crippen molar-refractivity contribution in [3.05, 3.63) is 54.1 Å². The van der Waals surface area contributed by atoms with Crippen molar-refractivity contribution in [2.24, 2.45) is 0 Å². The van der Waals surface area contributed by atoms with Gasteiger partial charge in [0.05, 0.1) is 26.9 Å². The van der Waals surface area contributed by atoms with Crippen LogP contribution in [-0.4, -0.2) is 32.4 Å². The molecule has 25 heavy (non-hydrogen) atoms. The van der Waals surface area contributed by atoms with Crippen molar-refractivity contribution in [1.29, 1.82) is 0 Å². The Hall–Kier alpha value is -3.21. The van der Waals surface area contributed by atoms with Gasteiger partial charge in [-0.2, -0.15) is 0 Å². The van der Waals surface area contributed by atoms with Crippen molar-refractivity contribution in [3.8, 4) is 28.4 Å². The van der Waals surface area contributed by atoms with Gasteiger partial charge >= 0.3 is 5.97 Å². The smallest absolute Gasteiger partial charge is 0.338 e. The zero-order valence-electron chi connectivity index (χ0n) is 14.2. The van der Waals surface area contributed by atoms with E-state index in [0.717, 1.165) is 10.9 Å². The van der Waals surface area contributed by atoms with Crippen LogP contribution in [0.5, 0.6) is 17.2 Å². The standard InChI is InChI=1S/C20H18O5/c1-23-17-9-8-12(10-18(17)24-2)19-14-7-5-4-6-13(14)16(21)11-15(19)20(22)25-3/h4-11,21H,1-3H3. The van der Waals surface area contributed by atoms with E-state index in [0.29, 0.717) is 22.4 Å². The van der Waals surface area contributed by atoms with Crippen LogP contribution in [0.3, 0.4) is 0 Å². The molecule has 3 aromatic carbocycles. The van der Waals surface area contributed by atoms with Gasteiger partial charge < -0.3 is 19.3 Å². The summed E-state index contributed by atoms with van der Waals surface area (Å²) in [6, 6.07) is 14.2. The highest BCUT2D eigenvalue weighted by Crippen LogP contribution is 2.40. The fourth-order valence-corrected chi connectivity index (χ4v) is 2.93. The van der Waals surface area contributed by atoms with Gasteiger partial charge in [0.2, 0.25) is 0 Å². The maximum absolute atomic E-state index is 12.3. The predicted molar refractivity (Wildman–Crippen MR) is 95.5 cm³/mol. The van der Waals surface area contributed by atoms with E-state index in [4.69, 9.17) is 14.2 Å². The third-order valence-electron chi connectivity index (χ3n) is 4.10. The number of ether oxygens (including phenoxy) is 3. The predicted octanol–water partition coefficient (Wildman–Crippen LogP) is 4.02. The highest BCUT2D eigenvalue weighted by molar-refractivity contribution is 6.10. The third-order valence-corrected chi connectivity index (χ3v) is 4.10. The van der Waals surface area contributed by atoms with Crippen LogP contribution in [-0.2, 0) is 4.74 Å². The van der Waals surface area contributed by atoms with Gasteiger partial charge in [-0.1, -0.05) is 30.3 Å². The minimum Gasteiger partial charge on any atom is -0.507 e. The Morgan fingerprint density at radius 2 is 1.56 bits per heavy atom.